The van der Waals surface area contributed by atoms with E-state index in [1.807, 2.05) is 48.5 Å². The average molecular weight is 493 g/mol. The van der Waals surface area contributed by atoms with Crippen LogP contribution in [-0.2, 0) is 15.6 Å². The number of aromatic nitrogens is 2. The monoisotopic (exact) mass is 492 g/mol. The van der Waals surface area contributed by atoms with Gasteiger partial charge in [0, 0.05) is 28.8 Å². The standard InChI is InChI=1S/C25H21ClN4O3S/c1-31-33-34-22-7-5-17(6-8-22)18-11-16-9-10-32-21-4-2-3-19(14-21)28-24-23(26)15-27-25(30-24)29-20(12-16)13-18/h2-8,11-15H,9-10H2,1H3,(H2,27,28,29,30). The van der Waals surface area contributed by atoms with E-state index in [0.29, 0.717) is 23.4 Å². The van der Waals surface area contributed by atoms with Crippen LogP contribution in [0, 0.1) is 0 Å². The fourth-order valence-electron chi connectivity index (χ4n) is 3.58. The van der Waals surface area contributed by atoms with Crippen LogP contribution in [0.25, 0.3) is 11.1 Å². The maximum Gasteiger partial charge on any atom is 0.229 e. The smallest absolute Gasteiger partial charge is 0.229 e. The molecule has 0 amide bonds. The van der Waals surface area contributed by atoms with Crippen LogP contribution in [0.15, 0.2) is 77.8 Å². The fourth-order valence-corrected chi connectivity index (χ4v) is 4.11. The van der Waals surface area contributed by atoms with E-state index in [9.17, 15) is 0 Å². The first-order valence-electron chi connectivity index (χ1n) is 10.6. The van der Waals surface area contributed by atoms with Gasteiger partial charge in [-0.1, -0.05) is 35.9 Å². The van der Waals surface area contributed by atoms with Gasteiger partial charge < -0.3 is 15.4 Å². The Balaban J connectivity index is 1.51. The molecule has 7 nitrogen and oxygen atoms in total. The van der Waals surface area contributed by atoms with Gasteiger partial charge in [0.1, 0.15) is 10.8 Å². The van der Waals surface area contributed by atoms with Crippen molar-refractivity contribution in [2.24, 2.45) is 0 Å². The summed E-state index contributed by atoms with van der Waals surface area (Å²) >= 11 is 7.51. The second-order valence-electron chi connectivity index (χ2n) is 7.53. The van der Waals surface area contributed by atoms with Crippen LogP contribution >= 0.6 is 23.6 Å². The van der Waals surface area contributed by atoms with Crippen LogP contribution in [0.3, 0.4) is 0 Å². The molecule has 6 bridgehead atoms. The molecule has 5 rings (SSSR count). The second kappa shape index (κ2) is 10.3. The summed E-state index contributed by atoms with van der Waals surface area (Å²) < 4.78 is 11.0. The van der Waals surface area contributed by atoms with E-state index >= 15 is 0 Å². The molecule has 0 spiro atoms. The van der Waals surface area contributed by atoms with Crippen molar-refractivity contribution in [2.45, 2.75) is 11.3 Å². The minimum Gasteiger partial charge on any atom is -0.493 e. The number of anilines is 4. The Bertz CT molecular complexity index is 1300. The number of halogens is 1. The van der Waals surface area contributed by atoms with Gasteiger partial charge in [-0.2, -0.15) is 9.32 Å². The van der Waals surface area contributed by atoms with E-state index in [4.69, 9.17) is 20.7 Å². The first-order valence-corrected chi connectivity index (χ1v) is 11.7. The van der Waals surface area contributed by atoms with E-state index < -0.39 is 0 Å². The number of ether oxygens (including phenoxy) is 1. The molecule has 9 heteroatoms. The molecular weight excluding hydrogens is 472 g/mol. The SMILES string of the molecule is COOSc1ccc(-c2cc3cc(c2)Nc2ncc(Cl)c(n2)Nc2cccc(c2)OCC3)cc1. The molecule has 172 valence electrons. The molecule has 34 heavy (non-hydrogen) atoms. The van der Waals surface area contributed by atoms with E-state index in [1.165, 1.54) is 7.11 Å². The van der Waals surface area contributed by atoms with E-state index in [1.54, 1.807) is 6.20 Å². The second-order valence-corrected chi connectivity index (χ2v) is 8.71. The summed E-state index contributed by atoms with van der Waals surface area (Å²) in [7, 11) is 1.48. The number of hydrogen-bond acceptors (Lipinski definition) is 8. The molecule has 0 fully saturated rings. The zero-order valence-corrected chi connectivity index (χ0v) is 19.8. The lowest BCUT2D eigenvalue weighted by Gasteiger charge is -2.15. The predicted octanol–water partition coefficient (Wildman–Crippen LogP) is 6.80. The molecule has 1 aliphatic heterocycles. The van der Waals surface area contributed by atoms with Crippen LogP contribution < -0.4 is 15.4 Å². The van der Waals surface area contributed by atoms with Crippen molar-refractivity contribution in [3.63, 3.8) is 0 Å². The molecule has 0 saturated heterocycles. The third-order valence-corrected chi connectivity index (χ3v) is 6.08. The number of rotatable bonds is 4. The molecule has 3 aromatic carbocycles. The third kappa shape index (κ3) is 5.43. The Morgan fingerprint density at radius 1 is 0.971 bits per heavy atom. The number of benzene rings is 3. The molecule has 0 unspecified atom stereocenters. The van der Waals surface area contributed by atoms with Gasteiger partial charge in [0.25, 0.3) is 0 Å². The van der Waals surface area contributed by atoms with Crippen LogP contribution in [0.1, 0.15) is 5.56 Å². The van der Waals surface area contributed by atoms with Crippen LogP contribution in [0.5, 0.6) is 5.75 Å². The van der Waals surface area contributed by atoms with Crippen LogP contribution in [-0.4, -0.2) is 23.7 Å². The van der Waals surface area contributed by atoms with Crippen molar-refractivity contribution in [2.75, 3.05) is 24.4 Å². The first-order chi connectivity index (χ1) is 16.7. The van der Waals surface area contributed by atoms with Crippen molar-refractivity contribution in [3.8, 4) is 16.9 Å². The van der Waals surface area contributed by atoms with Gasteiger partial charge in [0.2, 0.25) is 5.95 Å². The third-order valence-electron chi connectivity index (χ3n) is 5.14. The van der Waals surface area contributed by atoms with Crippen molar-refractivity contribution in [3.05, 3.63) is 83.5 Å². The van der Waals surface area contributed by atoms with Gasteiger partial charge >= 0.3 is 0 Å². The van der Waals surface area contributed by atoms with Crippen molar-refractivity contribution in [1.82, 2.24) is 9.97 Å². The number of nitrogens with zero attached hydrogens (tertiary/aromatic N) is 2. The highest BCUT2D eigenvalue weighted by Crippen LogP contribution is 2.31. The van der Waals surface area contributed by atoms with E-state index in [-0.39, 0.29) is 0 Å². The van der Waals surface area contributed by atoms with E-state index in [0.717, 1.165) is 57.2 Å². The largest absolute Gasteiger partial charge is 0.493 e. The quantitative estimate of drug-likeness (QED) is 0.183. The van der Waals surface area contributed by atoms with Gasteiger partial charge in [-0.15, -0.1) is 0 Å². The predicted molar refractivity (Wildman–Crippen MR) is 135 cm³/mol. The summed E-state index contributed by atoms with van der Waals surface area (Å²) in [5, 5.41) is 6.99. The van der Waals surface area contributed by atoms with Crippen molar-refractivity contribution >= 4 is 46.8 Å². The summed E-state index contributed by atoms with van der Waals surface area (Å²) in [6.07, 6.45) is 2.32. The molecule has 1 aromatic heterocycles. The Kier molecular flexibility index (Phi) is 6.82. The van der Waals surface area contributed by atoms with Crippen LogP contribution in [0.2, 0.25) is 5.02 Å². The molecule has 0 atom stereocenters. The summed E-state index contributed by atoms with van der Waals surface area (Å²) in [6.45, 7) is 0.541. The van der Waals surface area contributed by atoms with Crippen molar-refractivity contribution in [1.29, 1.82) is 0 Å². The maximum absolute atomic E-state index is 6.34. The minimum absolute atomic E-state index is 0.425. The Labute approximate surface area is 206 Å². The van der Waals surface area contributed by atoms with Crippen LogP contribution in [0.4, 0.5) is 23.1 Å². The average Bonchev–Trinajstić information content (AvgIpc) is 2.85. The van der Waals surface area contributed by atoms with Gasteiger partial charge in [-0.3, -0.25) is 0 Å². The lowest BCUT2D eigenvalue weighted by Crippen LogP contribution is -2.05. The first kappa shape index (κ1) is 22.5. The van der Waals surface area contributed by atoms with Gasteiger partial charge in [-0.05, 0) is 53.1 Å². The number of hydrogen-bond donors (Lipinski definition) is 2. The lowest BCUT2D eigenvalue weighted by atomic mass is 10.0. The summed E-state index contributed by atoms with van der Waals surface area (Å²) in [6, 6.07) is 22.1. The topological polar surface area (TPSA) is 77.5 Å². The molecule has 2 heterocycles. The Morgan fingerprint density at radius 2 is 1.85 bits per heavy atom. The molecule has 4 aromatic rings. The summed E-state index contributed by atoms with van der Waals surface area (Å²) in [5.74, 6) is 1.73. The molecular formula is C25H21ClN4O3S. The molecule has 2 N–H and O–H groups in total. The van der Waals surface area contributed by atoms with Gasteiger partial charge in [-0.25, -0.2) is 9.87 Å². The number of nitrogens with one attached hydrogen (secondary N) is 2. The highest BCUT2D eigenvalue weighted by Gasteiger charge is 2.11. The minimum atomic E-state index is 0.425. The summed E-state index contributed by atoms with van der Waals surface area (Å²) in [5.41, 5.74) is 4.96. The molecule has 0 aliphatic carbocycles. The highest BCUT2D eigenvalue weighted by atomic mass is 35.5. The normalized spacial score (nSPS) is 12.6. The molecule has 0 radical (unpaired) electrons. The zero-order valence-electron chi connectivity index (χ0n) is 18.2. The highest BCUT2D eigenvalue weighted by molar-refractivity contribution is 7.94. The van der Waals surface area contributed by atoms with Gasteiger partial charge in [0.15, 0.2) is 5.82 Å². The Hall–Kier alpha value is -3.30. The molecule has 0 saturated carbocycles. The van der Waals surface area contributed by atoms with Gasteiger partial charge in [0.05, 0.1) is 32.0 Å². The zero-order chi connectivity index (χ0) is 23.3. The lowest BCUT2D eigenvalue weighted by molar-refractivity contribution is -0.160. The number of fused-ring (bicyclic) bond motifs is 6. The maximum atomic E-state index is 6.34. The Morgan fingerprint density at radius 3 is 2.71 bits per heavy atom. The van der Waals surface area contributed by atoms with Crippen molar-refractivity contribution < 1.29 is 14.0 Å². The summed E-state index contributed by atoms with van der Waals surface area (Å²) in [4.78, 5) is 14.5. The van der Waals surface area contributed by atoms with E-state index in [2.05, 4.69) is 43.7 Å². The molecule has 1 aliphatic rings. The fraction of sp³-hybridized carbons (Fsp3) is 0.120.